The molecule has 7 heteroatoms. The summed E-state index contributed by atoms with van der Waals surface area (Å²) in [6.07, 6.45) is 1.09. The normalized spacial score (nSPS) is 11.1. The molecule has 0 saturated carbocycles. The molecule has 0 fully saturated rings. The number of ether oxygens (including phenoxy) is 3. The molecule has 0 aliphatic rings. The lowest BCUT2D eigenvalue weighted by Gasteiger charge is -2.24. The number of benzene rings is 2. The molecule has 0 aromatic heterocycles. The maximum atomic E-state index is 15.3. The van der Waals surface area contributed by atoms with Gasteiger partial charge in [-0.15, -0.1) is 0 Å². The number of anilines is 1. The van der Waals surface area contributed by atoms with E-state index in [-0.39, 0.29) is 34.5 Å². The smallest absolute Gasteiger partial charge is 0.412 e. The molecule has 2 rings (SSSR count). The average molecular weight is 446 g/mol. The van der Waals surface area contributed by atoms with Crippen LogP contribution in [-0.2, 0) is 11.2 Å². The third kappa shape index (κ3) is 6.45. The van der Waals surface area contributed by atoms with Crippen molar-refractivity contribution in [3.05, 3.63) is 52.8 Å². The summed E-state index contributed by atoms with van der Waals surface area (Å²) in [7, 11) is 0. The Kier molecular flexibility index (Phi) is 8.63. The van der Waals surface area contributed by atoms with E-state index in [1.807, 2.05) is 6.92 Å². The van der Waals surface area contributed by atoms with Crippen LogP contribution in [0.4, 0.5) is 14.9 Å². The van der Waals surface area contributed by atoms with E-state index < -0.39 is 23.5 Å². The highest BCUT2D eigenvalue weighted by atomic mass is 19.1. The van der Waals surface area contributed by atoms with Gasteiger partial charge in [0.25, 0.3) is 0 Å². The zero-order chi connectivity index (χ0) is 23.9. The van der Waals surface area contributed by atoms with Gasteiger partial charge in [0.05, 0.1) is 12.3 Å². The Morgan fingerprint density at radius 3 is 2.31 bits per heavy atom. The molecule has 0 radical (unpaired) electrons. The van der Waals surface area contributed by atoms with Crippen molar-refractivity contribution in [1.82, 2.24) is 0 Å². The van der Waals surface area contributed by atoms with Crippen LogP contribution in [0.5, 0.6) is 11.5 Å². The van der Waals surface area contributed by atoms with Gasteiger partial charge in [-0.1, -0.05) is 38.5 Å². The molecule has 0 heterocycles. The standard InChI is InChI=1S/C25H32FNO5/c1-7-9-15-30-22-19(23(28)31-17-13-11-10-12-14-17)16(3)20(26)18(8-2)21(22)27-24(29)32-25(4,5)6/h10-14H,7-9,15H2,1-6H3,(H,27,29). The van der Waals surface area contributed by atoms with E-state index in [9.17, 15) is 9.59 Å². The number of carbonyl (C=O) groups excluding carboxylic acids is 2. The number of hydrogen-bond acceptors (Lipinski definition) is 5. The van der Waals surface area contributed by atoms with Crippen LogP contribution >= 0.6 is 0 Å². The molecule has 0 aliphatic carbocycles. The monoisotopic (exact) mass is 445 g/mol. The quantitative estimate of drug-likeness (QED) is 0.287. The van der Waals surface area contributed by atoms with Crippen LogP contribution in [-0.4, -0.2) is 24.3 Å². The fourth-order valence-corrected chi connectivity index (χ4v) is 3.10. The SMILES string of the molecule is CCCCOc1c(NC(=O)OC(C)(C)C)c(CC)c(F)c(C)c1C(=O)Oc1ccccc1. The van der Waals surface area contributed by atoms with Gasteiger partial charge in [-0.2, -0.15) is 0 Å². The summed E-state index contributed by atoms with van der Waals surface area (Å²) in [5, 5.41) is 2.61. The van der Waals surface area contributed by atoms with Gasteiger partial charge in [0, 0.05) is 11.1 Å². The van der Waals surface area contributed by atoms with Crippen molar-refractivity contribution >= 4 is 17.7 Å². The minimum Gasteiger partial charge on any atom is -0.490 e. The van der Waals surface area contributed by atoms with Crippen LogP contribution < -0.4 is 14.8 Å². The van der Waals surface area contributed by atoms with Crippen molar-refractivity contribution in [2.75, 3.05) is 11.9 Å². The topological polar surface area (TPSA) is 73.9 Å². The largest absolute Gasteiger partial charge is 0.490 e. The van der Waals surface area contributed by atoms with Crippen LogP contribution in [0.2, 0.25) is 0 Å². The molecule has 0 saturated heterocycles. The number of nitrogens with one attached hydrogen (secondary N) is 1. The number of hydrogen-bond donors (Lipinski definition) is 1. The number of amides is 1. The second-order valence-corrected chi connectivity index (χ2v) is 8.38. The molecule has 174 valence electrons. The first kappa shape index (κ1) is 25.2. The molecule has 1 amide bonds. The zero-order valence-corrected chi connectivity index (χ0v) is 19.6. The van der Waals surface area contributed by atoms with Crippen LogP contribution in [0.25, 0.3) is 0 Å². The molecular weight excluding hydrogens is 413 g/mol. The summed E-state index contributed by atoms with van der Waals surface area (Å²) < 4.78 is 32.1. The number of para-hydroxylation sites is 1. The van der Waals surface area contributed by atoms with Crippen LogP contribution in [0, 0.1) is 12.7 Å². The van der Waals surface area contributed by atoms with E-state index in [0.717, 1.165) is 12.8 Å². The number of rotatable bonds is 8. The van der Waals surface area contributed by atoms with Crippen LogP contribution in [0.15, 0.2) is 30.3 Å². The van der Waals surface area contributed by atoms with E-state index in [4.69, 9.17) is 14.2 Å². The Morgan fingerprint density at radius 1 is 1.09 bits per heavy atom. The van der Waals surface area contributed by atoms with Crippen LogP contribution in [0.3, 0.4) is 0 Å². The highest BCUT2D eigenvalue weighted by Gasteiger charge is 2.30. The minimum absolute atomic E-state index is 0.0642. The lowest BCUT2D eigenvalue weighted by Crippen LogP contribution is -2.28. The first-order valence-electron chi connectivity index (χ1n) is 10.8. The average Bonchev–Trinajstić information content (AvgIpc) is 2.71. The molecule has 32 heavy (non-hydrogen) atoms. The van der Waals surface area contributed by atoms with Gasteiger partial charge in [0.15, 0.2) is 5.75 Å². The second kappa shape index (κ2) is 11.0. The Hall–Kier alpha value is -3.09. The lowest BCUT2D eigenvalue weighted by molar-refractivity contribution is 0.0632. The van der Waals surface area contributed by atoms with E-state index in [0.29, 0.717) is 12.4 Å². The van der Waals surface area contributed by atoms with Gasteiger partial charge in [0.2, 0.25) is 0 Å². The summed E-state index contributed by atoms with van der Waals surface area (Å²) in [6.45, 7) is 10.7. The number of halogens is 1. The third-order valence-electron chi connectivity index (χ3n) is 4.61. The van der Waals surface area contributed by atoms with Gasteiger partial charge in [-0.25, -0.2) is 14.0 Å². The van der Waals surface area contributed by atoms with Crippen molar-refractivity contribution < 1.29 is 28.2 Å². The van der Waals surface area contributed by atoms with E-state index in [1.165, 1.54) is 6.92 Å². The van der Waals surface area contributed by atoms with E-state index in [2.05, 4.69) is 5.32 Å². The van der Waals surface area contributed by atoms with Gasteiger partial charge >= 0.3 is 12.1 Å². The molecule has 0 unspecified atom stereocenters. The molecule has 0 atom stereocenters. The van der Waals surface area contributed by atoms with Gasteiger partial charge < -0.3 is 14.2 Å². The molecule has 0 bridgehead atoms. The Balaban J connectivity index is 2.60. The predicted molar refractivity (Wildman–Crippen MR) is 122 cm³/mol. The summed E-state index contributed by atoms with van der Waals surface area (Å²) in [5.41, 5.74) is -0.398. The van der Waals surface area contributed by atoms with Crippen LogP contribution in [0.1, 0.15) is 68.9 Å². The number of carbonyl (C=O) groups is 2. The molecule has 2 aromatic carbocycles. The fraction of sp³-hybridized carbons (Fsp3) is 0.440. The molecule has 6 nitrogen and oxygen atoms in total. The number of unbranched alkanes of at least 4 members (excludes halogenated alkanes) is 1. The summed E-state index contributed by atoms with van der Waals surface area (Å²) in [4.78, 5) is 25.6. The second-order valence-electron chi connectivity index (χ2n) is 8.38. The zero-order valence-electron chi connectivity index (χ0n) is 19.6. The summed E-state index contributed by atoms with van der Waals surface area (Å²) >= 11 is 0. The minimum atomic E-state index is -0.769. The first-order chi connectivity index (χ1) is 15.1. The van der Waals surface area contributed by atoms with Gasteiger partial charge in [0.1, 0.15) is 22.7 Å². The fourth-order valence-electron chi connectivity index (χ4n) is 3.10. The van der Waals surface area contributed by atoms with Gasteiger partial charge in [-0.3, -0.25) is 5.32 Å². The molecule has 0 spiro atoms. The highest BCUT2D eigenvalue weighted by molar-refractivity contribution is 6.00. The summed E-state index contributed by atoms with van der Waals surface area (Å²) in [5.74, 6) is -0.963. The van der Waals surface area contributed by atoms with Crippen molar-refractivity contribution in [2.45, 2.75) is 66.4 Å². The Morgan fingerprint density at radius 2 is 1.75 bits per heavy atom. The van der Waals surface area contributed by atoms with Gasteiger partial charge in [-0.05, 0) is 52.7 Å². The van der Waals surface area contributed by atoms with Crippen molar-refractivity contribution in [3.63, 3.8) is 0 Å². The maximum absolute atomic E-state index is 15.3. The molecule has 0 aliphatic heterocycles. The van der Waals surface area contributed by atoms with E-state index >= 15 is 4.39 Å². The van der Waals surface area contributed by atoms with E-state index in [1.54, 1.807) is 58.0 Å². The van der Waals surface area contributed by atoms with Crippen molar-refractivity contribution in [2.24, 2.45) is 0 Å². The highest BCUT2D eigenvalue weighted by Crippen LogP contribution is 2.39. The maximum Gasteiger partial charge on any atom is 0.412 e. The number of esters is 1. The lowest BCUT2D eigenvalue weighted by atomic mass is 9.98. The Labute approximate surface area is 189 Å². The Bertz CT molecular complexity index is 951. The van der Waals surface area contributed by atoms with Crippen molar-refractivity contribution in [3.8, 4) is 11.5 Å². The molecule has 1 N–H and O–H groups in total. The van der Waals surface area contributed by atoms with Crippen molar-refractivity contribution in [1.29, 1.82) is 0 Å². The third-order valence-corrected chi connectivity index (χ3v) is 4.61. The predicted octanol–water partition coefficient (Wildman–Crippen LogP) is 6.44. The summed E-state index contributed by atoms with van der Waals surface area (Å²) in [6, 6.07) is 8.50. The molecule has 2 aromatic rings. The first-order valence-corrected chi connectivity index (χ1v) is 10.8. The molecular formula is C25H32FNO5.